The van der Waals surface area contributed by atoms with Gasteiger partial charge in [-0.1, -0.05) is 30.5 Å². The molecule has 0 radical (unpaired) electrons. The highest BCUT2D eigenvalue weighted by Gasteiger charge is 2.45. The maximum absolute atomic E-state index is 11.6. The van der Waals surface area contributed by atoms with Crippen LogP contribution in [0.5, 0.6) is 0 Å². The van der Waals surface area contributed by atoms with E-state index in [2.05, 4.69) is 17.6 Å². The summed E-state index contributed by atoms with van der Waals surface area (Å²) in [6.07, 6.45) is 0. The van der Waals surface area contributed by atoms with Gasteiger partial charge in [-0.2, -0.15) is 0 Å². The predicted octanol–water partition coefficient (Wildman–Crippen LogP) is 0.890. The Balaban J connectivity index is 2.63. The molecule has 2 rings (SSSR count). The van der Waals surface area contributed by atoms with E-state index >= 15 is 0 Å². The topological polar surface area (TPSA) is 58.6 Å². The van der Waals surface area contributed by atoms with Crippen molar-refractivity contribution in [1.29, 1.82) is 0 Å². The third-order valence-corrected chi connectivity index (χ3v) is 2.55. The van der Waals surface area contributed by atoms with Crippen LogP contribution in [0.2, 0.25) is 0 Å². The summed E-state index contributed by atoms with van der Waals surface area (Å²) in [7, 11) is 1.39. The van der Waals surface area contributed by atoms with Gasteiger partial charge in [-0.25, -0.2) is 0 Å². The number of fused-ring (bicyclic) bond motifs is 1. The number of carbonyl (C=O) groups is 1. The number of carbonyl (C=O) groups excluding carboxylic acids is 1. The van der Waals surface area contributed by atoms with E-state index in [1.807, 2.05) is 0 Å². The first-order chi connectivity index (χ1) is 7.63. The first-order valence-corrected chi connectivity index (χ1v) is 4.72. The maximum Gasteiger partial charge on any atom is 0.254 e. The second kappa shape index (κ2) is 3.52. The van der Waals surface area contributed by atoms with Crippen molar-refractivity contribution in [2.24, 2.45) is 0 Å². The molecule has 1 aromatic carbocycles. The van der Waals surface area contributed by atoms with Crippen LogP contribution in [0.25, 0.3) is 0 Å². The van der Waals surface area contributed by atoms with Crippen LogP contribution < -0.4 is 5.32 Å². The van der Waals surface area contributed by atoms with Crippen molar-refractivity contribution in [3.63, 3.8) is 0 Å². The van der Waals surface area contributed by atoms with Crippen LogP contribution in [0, 0.1) is 0 Å². The van der Waals surface area contributed by atoms with Gasteiger partial charge in [-0.3, -0.25) is 4.79 Å². The third-order valence-electron chi connectivity index (χ3n) is 2.55. The lowest BCUT2D eigenvalue weighted by molar-refractivity contribution is 0.00112. The van der Waals surface area contributed by atoms with Crippen LogP contribution in [0.1, 0.15) is 15.9 Å². The Morgan fingerprint density at radius 3 is 2.88 bits per heavy atom. The molecule has 0 fully saturated rings. The second-order valence-electron chi connectivity index (χ2n) is 3.42. The number of nitrogens with one attached hydrogen (secondary N) is 1. The lowest BCUT2D eigenvalue weighted by Crippen LogP contribution is -2.41. The molecule has 0 aliphatic carbocycles. The zero-order chi connectivity index (χ0) is 11.8. The Hall–Kier alpha value is -2.03. The molecule has 4 heteroatoms. The van der Waals surface area contributed by atoms with Gasteiger partial charge in [0.1, 0.15) is 0 Å². The minimum absolute atomic E-state index is 0.0748. The lowest BCUT2D eigenvalue weighted by atomic mass is 10.0. The molecule has 82 valence electrons. The minimum atomic E-state index is -1.66. The molecule has 1 aliphatic heterocycles. The van der Waals surface area contributed by atoms with E-state index in [0.717, 1.165) is 0 Å². The molecule has 2 N–H and O–H groups in total. The highest BCUT2D eigenvalue weighted by atomic mass is 16.5. The molecule has 16 heavy (non-hydrogen) atoms. The zero-order valence-corrected chi connectivity index (χ0v) is 8.78. The quantitative estimate of drug-likeness (QED) is 0.571. The number of hydrogen-bond donors (Lipinski definition) is 2. The molecule has 4 nitrogen and oxygen atoms in total. The fourth-order valence-corrected chi connectivity index (χ4v) is 1.82. The average Bonchev–Trinajstić information content (AvgIpc) is 2.55. The highest BCUT2D eigenvalue weighted by Crippen LogP contribution is 2.34. The molecule has 1 aliphatic rings. The van der Waals surface area contributed by atoms with E-state index in [4.69, 9.17) is 4.74 Å². The number of hydrogen-bond acceptors (Lipinski definition) is 3. The summed E-state index contributed by atoms with van der Waals surface area (Å²) < 4.78 is 4.97. The van der Waals surface area contributed by atoms with Gasteiger partial charge in [-0.05, 0) is 6.07 Å². The van der Waals surface area contributed by atoms with Crippen LogP contribution in [0.3, 0.4) is 0 Å². The van der Waals surface area contributed by atoms with E-state index < -0.39 is 5.72 Å². The highest BCUT2D eigenvalue weighted by molar-refractivity contribution is 6.00. The zero-order valence-electron chi connectivity index (χ0n) is 8.78. The van der Waals surface area contributed by atoms with Gasteiger partial charge >= 0.3 is 0 Å². The van der Waals surface area contributed by atoms with Gasteiger partial charge in [0.2, 0.25) is 5.72 Å². The Labute approximate surface area is 92.9 Å². The van der Waals surface area contributed by atoms with Crippen LogP contribution in [-0.2, 0) is 10.5 Å². The van der Waals surface area contributed by atoms with E-state index in [-0.39, 0.29) is 11.7 Å². The molecule has 0 aromatic heterocycles. The molecular formula is C12H11NO3. The summed E-state index contributed by atoms with van der Waals surface area (Å²) >= 11 is 0. The second-order valence-corrected chi connectivity index (χ2v) is 3.42. The van der Waals surface area contributed by atoms with Crippen LogP contribution in [0.15, 0.2) is 42.3 Å². The predicted molar refractivity (Wildman–Crippen MR) is 57.5 cm³/mol. The van der Waals surface area contributed by atoms with Gasteiger partial charge in [0, 0.05) is 11.1 Å². The van der Waals surface area contributed by atoms with E-state index in [9.17, 15) is 9.90 Å². The monoisotopic (exact) mass is 217 g/mol. The number of benzene rings is 1. The van der Waals surface area contributed by atoms with Gasteiger partial charge in [-0.15, -0.1) is 0 Å². The Kier molecular flexibility index (Phi) is 2.31. The standard InChI is InChI=1S/C12H11NO3/c1-3-10(16-2)12(15)9-7-5-4-6-8(9)11(14)13-12/h4-7,15H,1H2,2H3,(H,13,14). The average molecular weight is 217 g/mol. The van der Waals surface area contributed by atoms with Crippen LogP contribution >= 0.6 is 0 Å². The Morgan fingerprint density at radius 2 is 2.25 bits per heavy atom. The fraction of sp³-hybridized carbons (Fsp3) is 0.167. The van der Waals surface area contributed by atoms with Gasteiger partial charge in [0.05, 0.1) is 7.11 Å². The van der Waals surface area contributed by atoms with Crippen molar-refractivity contribution in [2.45, 2.75) is 5.72 Å². The summed E-state index contributed by atoms with van der Waals surface area (Å²) in [6.45, 7) is 3.42. The maximum atomic E-state index is 11.6. The summed E-state index contributed by atoms with van der Waals surface area (Å²) in [6, 6.07) is 6.76. The first-order valence-electron chi connectivity index (χ1n) is 4.72. The van der Waals surface area contributed by atoms with E-state index in [0.29, 0.717) is 11.1 Å². The number of methoxy groups -OCH3 is 1. The summed E-state index contributed by atoms with van der Waals surface area (Å²) in [5, 5.41) is 12.8. The molecular weight excluding hydrogens is 206 g/mol. The van der Waals surface area contributed by atoms with Gasteiger partial charge in [0.25, 0.3) is 5.91 Å². The van der Waals surface area contributed by atoms with E-state index in [1.54, 1.807) is 24.3 Å². The summed E-state index contributed by atoms with van der Waals surface area (Å²) in [4.78, 5) is 11.6. The molecule has 1 heterocycles. The molecule has 0 saturated heterocycles. The number of aliphatic hydroxyl groups is 1. The number of ether oxygens (including phenoxy) is 1. The Bertz CT molecular complexity index is 503. The summed E-state index contributed by atoms with van der Waals surface area (Å²) in [5.74, 6) is -0.270. The number of amides is 1. The normalized spacial score (nSPS) is 22.0. The van der Waals surface area contributed by atoms with Crippen molar-refractivity contribution in [3.05, 3.63) is 53.5 Å². The van der Waals surface area contributed by atoms with Crippen LogP contribution in [-0.4, -0.2) is 18.1 Å². The molecule has 0 spiro atoms. The number of rotatable bonds is 2. The largest absolute Gasteiger partial charge is 0.488 e. The van der Waals surface area contributed by atoms with Gasteiger partial charge in [0.15, 0.2) is 5.76 Å². The van der Waals surface area contributed by atoms with Crippen molar-refractivity contribution in [2.75, 3.05) is 7.11 Å². The fourth-order valence-electron chi connectivity index (χ4n) is 1.82. The molecule has 1 unspecified atom stereocenters. The SMILES string of the molecule is C=C=C(OC)C1(O)NC(=O)c2ccccc21. The molecule has 0 saturated carbocycles. The van der Waals surface area contributed by atoms with Crippen molar-refractivity contribution < 1.29 is 14.6 Å². The smallest absolute Gasteiger partial charge is 0.254 e. The molecule has 1 atom stereocenters. The Morgan fingerprint density at radius 1 is 1.56 bits per heavy atom. The lowest BCUT2D eigenvalue weighted by Gasteiger charge is -2.23. The van der Waals surface area contributed by atoms with Crippen molar-refractivity contribution in [1.82, 2.24) is 5.32 Å². The molecule has 1 amide bonds. The summed E-state index contributed by atoms with van der Waals surface area (Å²) in [5.41, 5.74) is 1.69. The van der Waals surface area contributed by atoms with Gasteiger partial charge < -0.3 is 15.2 Å². The van der Waals surface area contributed by atoms with Crippen molar-refractivity contribution >= 4 is 5.91 Å². The van der Waals surface area contributed by atoms with Crippen molar-refractivity contribution in [3.8, 4) is 0 Å². The molecule has 1 aromatic rings. The third kappa shape index (κ3) is 1.25. The first kappa shape index (κ1) is 10.5. The minimum Gasteiger partial charge on any atom is -0.488 e. The molecule has 0 bridgehead atoms. The van der Waals surface area contributed by atoms with Crippen LogP contribution in [0.4, 0.5) is 0 Å². The van der Waals surface area contributed by atoms with E-state index in [1.165, 1.54) is 7.11 Å².